The van der Waals surface area contributed by atoms with Crippen molar-refractivity contribution in [1.29, 1.82) is 0 Å². The minimum atomic E-state index is -0.559. The third-order valence-electron chi connectivity index (χ3n) is 2.48. The molecular weight excluding hydrogens is 238 g/mol. The molecule has 0 saturated carbocycles. The second-order valence-corrected chi connectivity index (χ2v) is 4.71. The zero-order valence-corrected chi connectivity index (χ0v) is 11.0. The second-order valence-electron chi connectivity index (χ2n) is 4.30. The van der Waals surface area contributed by atoms with Crippen LogP contribution in [0.3, 0.4) is 0 Å². The van der Waals surface area contributed by atoms with E-state index in [-0.39, 0.29) is 0 Å². The molecule has 0 aromatic heterocycles. The Morgan fingerprint density at radius 2 is 2.18 bits per heavy atom. The third-order valence-corrected chi connectivity index (χ3v) is 2.82. The molecule has 0 fully saturated rings. The predicted octanol–water partition coefficient (Wildman–Crippen LogP) is 1.11. The quantitative estimate of drug-likeness (QED) is 0.528. The van der Waals surface area contributed by atoms with E-state index >= 15 is 0 Å². The third kappa shape index (κ3) is 4.91. The number of aliphatic hydroxyl groups excluding tert-OH is 1. The molecule has 5 heteroatoms. The van der Waals surface area contributed by atoms with Gasteiger partial charge in [0.2, 0.25) is 0 Å². The minimum absolute atomic E-state index is 0.497. The maximum atomic E-state index is 9.93. The van der Waals surface area contributed by atoms with Crippen LogP contribution >= 0.6 is 11.6 Å². The van der Waals surface area contributed by atoms with Crippen molar-refractivity contribution in [2.24, 2.45) is 0 Å². The van der Waals surface area contributed by atoms with Crippen molar-refractivity contribution < 1.29 is 5.11 Å². The number of nitrogens with one attached hydrogen (secondary N) is 1. The van der Waals surface area contributed by atoms with Gasteiger partial charge in [0.15, 0.2) is 0 Å². The van der Waals surface area contributed by atoms with Gasteiger partial charge in [0.25, 0.3) is 0 Å². The molecule has 4 nitrogen and oxygen atoms in total. The van der Waals surface area contributed by atoms with Gasteiger partial charge in [0.1, 0.15) is 0 Å². The lowest BCUT2D eigenvalue weighted by molar-refractivity contribution is 0.174. The maximum Gasteiger partial charge on any atom is 0.0915 e. The highest BCUT2D eigenvalue weighted by molar-refractivity contribution is 6.33. The topological polar surface area (TPSA) is 61.5 Å². The summed E-state index contributed by atoms with van der Waals surface area (Å²) in [6.07, 6.45) is -0.559. The number of nitrogen functional groups attached to an aromatic ring is 1. The van der Waals surface area contributed by atoms with E-state index in [1.807, 2.05) is 14.1 Å². The Hall–Kier alpha value is -0.810. The summed E-state index contributed by atoms with van der Waals surface area (Å²) in [6, 6.07) is 5.20. The van der Waals surface area contributed by atoms with E-state index in [0.717, 1.165) is 18.7 Å². The van der Waals surface area contributed by atoms with Gasteiger partial charge in [-0.3, -0.25) is 0 Å². The van der Waals surface area contributed by atoms with Crippen LogP contribution in [0.4, 0.5) is 5.69 Å². The molecule has 1 aromatic carbocycles. The fourth-order valence-electron chi connectivity index (χ4n) is 1.43. The van der Waals surface area contributed by atoms with Crippen molar-refractivity contribution in [3.8, 4) is 0 Å². The van der Waals surface area contributed by atoms with Crippen LogP contribution in [0.1, 0.15) is 11.7 Å². The Labute approximate surface area is 107 Å². The lowest BCUT2D eigenvalue weighted by atomic mass is 10.1. The normalized spacial score (nSPS) is 13.0. The Kier molecular flexibility index (Phi) is 5.71. The van der Waals surface area contributed by atoms with Crippen LogP contribution in [0.25, 0.3) is 0 Å². The summed E-state index contributed by atoms with van der Waals surface area (Å²) in [6.45, 7) is 2.29. The van der Waals surface area contributed by atoms with Crippen molar-refractivity contribution in [3.63, 3.8) is 0 Å². The SMILES string of the molecule is CN(C)CCNCC(O)c1ccc(Cl)c(N)c1. The molecule has 0 aliphatic rings. The number of hydrogen-bond acceptors (Lipinski definition) is 4. The van der Waals surface area contributed by atoms with Crippen LogP contribution in [0.5, 0.6) is 0 Å². The molecule has 96 valence electrons. The van der Waals surface area contributed by atoms with E-state index in [2.05, 4.69) is 10.2 Å². The molecule has 17 heavy (non-hydrogen) atoms. The predicted molar refractivity (Wildman–Crippen MR) is 72.2 cm³/mol. The number of nitrogens with zero attached hydrogens (tertiary/aromatic N) is 1. The summed E-state index contributed by atoms with van der Waals surface area (Å²) in [7, 11) is 4.02. The van der Waals surface area contributed by atoms with E-state index in [9.17, 15) is 5.11 Å². The standard InChI is InChI=1S/C12H20ClN3O/c1-16(2)6-5-15-8-12(17)9-3-4-10(13)11(14)7-9/h3-4,7,12,15,17H,5-6,8,14H2,1-2H3. The van der Waals surface area contributed by atoms with E-state index in [1.54, 1.807) is 18.2 Å². The number of anilines is 1. The first-order valence-electron chi connectivity index (χ1n) is 5.59. The largest absolute Gasteiger partial charge is 0.398 e. The summed E-state index contributed by atoms with van der Waals surface area (Å²) in [4.78, 5) is 2.08. The van der Waals surface area contributed by atoms with Gasteiger partial charge in [-0.05, 0) is 31.8 Å². The molecule has 0 aliphatic carbocycles. The summed E-state index contributed by atoms with van der Waals surface area (Å²) in [5.41, 5.74) is 6.96. The fraction of sp³-hybridized carbons (Fsp3) is 0.500. The maximum absolute atomic E-state index is 9.93. The number of likely N-dealkylation sites (N-methyl/N-ethyl adjacent to an activating group) is 1. The Morgan fingerprint density at radius 3 is 2.76 bits per heavy atom. The van der Waals surface area contributed by atoms with Crippen LogP contribution in [-0.2, 0) is 0 Å². The van der Waals surface area contributed by atoms with Gasteiger partial charge in [0.05, 0.1) is 16.8 Å². The molecule has 1 aromatic rings. The van der Waals surface area contributed by atoms with Crippen LogP contribution in [0.15, 0.2) is 18.2 Å². The van der Waals surface area contributed by atoms with Gasteiger partial charge in [-0.1, -0.05) is 17.7 Å². The van der Waals surface area contributed by atoms with Crippen molar-refractivity contribution in [3.05, 3.63) is 28.8 Å². The zero-order chi connectivity index (χ0) is 12.8. The van der Waals surface area contributed by atoms with Gasteiger partial charge in [-0.25, -0.2) is 0 Å². The zero-order valence-electron chi connectivity index (χ0n) is 10.3. The van der Waals surface area contributed by atoms with Gasteiger partial charge in [-0.15, -0.1) is 0 Å². The summed E-state index contributed by atoms with van der Waals surface area (Å²) < 4.78 is 0. The van der Waals surface area contributed by atoms with Crippen molar-refractivity contribution in [2.45, 2.75) is 6.10 Å². The molecular formula is C12H20ClN3O. The average Bonchev–Trinajstić information content (AvgIpc) is 2.27. The Balaban J connectivity index is 2.41. The highest BCUT2D eigenvalue weighted by Crippen LogP contribution is 2.22. The van der Waals surface area contributed by atoms with Crippen molar-refractivity contribution >= 4 is 17.3 Å². The first kappa shape index (κ1) is 14.3. The molecule has 0 amide bonds. The second kappa shape index (κ2) is 6.81. The molecule has 0 bridgehead atoms. The number of hydrogen-bond donors (Lipinski definition) is 3. The molecule has 1 unspecified atom stereocenters. The van der Waals surface area contributed by atoms with E-state index in [4.69, 9.17) is 17.3 Å². The number of benzene rings is 1. The summed E-state index contributed by atoms with van der Waals surface area (Å²) in [5, 5.41) is 13.6. The van der Waals surface area contributed by atoms with Gasteiger partial charge < -0.3 is 21.1 Å². The van der Waals surface area contributed by atoms with Gasteiger partial charge in [0, 0.05) is 19.6 Å². The Bertz CT molecular complexity index is 358. The smallest absolute Gasteiger partial charge is 0.0915 e. The van der Waals surface area contributed by atoms with Crippen molar-refractivity contribution in [1.82, 2.24) is 10.2 Å². The highest BCUT2D eigenvalue weighted by Gasteiger charge is 2.08. The number of halogens is 1. The molecule has 0 radical (unpaired) electrons. The Morgan fingerprint density at radius 1 is 1.47 bits per heavy atom. The average molecular weight is 258 g/mol. The minimum Gasteiger partial charge on any atom is -0.398 e. The van der Waals surface area contributed by atoms with Crippen LogP contribution in [0, 0.1) is 0 Å². The van der Waals surface area contributed by atoms with E-state index in [0.29, 0.717) is 17.3 Å². The van der Waals surface area contributed by atoms with E-state index in [1.165, 1.54) is 0 Å². The molecule has 0 heterocycles. The van der Waals surface area contributed by atoms with Crippen LogP contribution in [-0.4, -0.2) is 43.7 Å². The number of aliphatic hydroxyl groups is 1. The van der Waals surface area contributed by atoms with Crippen molar-refractivity contribution in [2.75, 3.05) is 39.5 Å². The van der Waals surface area contributed by atoms with Crippen LogP contribution in [0.2, 0.25) is 5.02 Å². The lowest BCUT2D eigenvalue weighted by Crippen LogP contribution is -2.29. The summed E-state index contributed by atoms with van der Waals surface area (Å²) in [5.74, 6) is 0. The van der Waals surface area contributed by atoms with Gasteiger partial charge >= 0.3 is 0 Å². The first-order valence-corrected chi connectivity index (χ1v) is 5.97. The molecule has 1 atom stereocenters. The highest BCUT2D eigenvalue weighted by atomic mass is 35.5. The summed E-state index contributed by atoms with van der Waals surface area (Å²) >= 11 is 5.82. The molecule has 1 rings (SSSR count). The number of rotatable bonds is 6. The molecule has 0 aliphatic heterocycles. The molecule has 0 saturated heterocycles. The van der Waals surface area contributed by atoms with Gasteiger partial charge in [-0.2, -0.15) is 0 Å². The molecule has 4 N–H and O–H groups in total. The van der Waals surface area contributed by atoms with Crippen LogP contribution < -0.4 is 11.1 Å². The van der Waals surface area contributed by atoms with E-state index < -0.39 is 6.10 Å². The lowest BCUT2D eigenvalue weighted by Gasteiger charge is -2.15. The monoisotopic (exact) mass is 257 g/mol. The molecule has 0 spiro atoms. The number of nitrogens with two attached hydrogens (primary N) is 1. The first-order chi connectivity index (χ1) is 8.00. The fourth-order valence-corrected chi connectivity index (χ4v) is 1.55.